The Kier molecular flexibility index (Phi) is 8.48. The number of carbonyl (C=O) groups excluding carboxylic acids is 3. The van der Waals surface area contributed by atoms with E-state index in [1.54, 1.807) is 45.0 Å². The Morgan fingerprint density at radius 1 is 1.13 bits per heavy atom. The molecule has 0 bridgehead atoms. The van der Waals surface area contributed by atoms with E-state index in [-0.39, 0.29) is 12.6 Å². The first-order valence-electron chi connectivity index (χ1n) is 11.0. The van der Waals surface area contributed by atoms with E-state index in [0.29, 0.717) is 29.0 Å². The fourth-order valence-electron chi connectivity index (χ4n) is 3.88. The summed E-state index contributed by atoms with van der Waals surface area (Å²) in [6.45, 7) is 11.5. The van der Waals surface area contributed by atoms with Crippen molar-refractivity contribution < 1.29 is 23.9 Å². The lowest BCUT2D eigenvalue weighted by atomic mass is 9.75. The van der Waals surface area contributed by atoms with E-state index in [2.05, 4.69) is 31.4 Å². The molecular formula is C24H36N2O5. The van der Waals surface area contributed by atoms with Crippen LogP contribution in [-0.2, 0) is 14.3 Å². The number of ether oxygens (including phenoxy) is 2. The molecule has 1 aliphatic rings. The normalized spacial score (nSPS) is 21.3. The molecule has 0 radical (unpaired) electrons. The molecule has 7 heteroatoms. The average Bonchev–Trinajstić information content (AvgIpc) is 2.65. The molecule has 0 heterocycles. The second kappa shape index (κ2) is 10.6. The Bertz CT molecular complexity index is 784. The summed E-state index contributed by atoms with van der Waals surface area (Å²) >= 11 is 0. The van der Waals surface area contributed by atoms with Crippen molar-refractivity contribution in [2.24, 2.45) is 17.8 Å². The molecule has 0 aliphatic heterocycles. The number of rotatable bonds is 6. The van der Waals surface area contributed by atoms with Crippen molar-refractivity contribution in [2.75, 3.05) is 11.9 Å². The summed E-state index contributed by atoms with van der Waals surface area (Å²) in [4.78, 5) is 37.0. The number of hydrogen-bond donors (Lipinski definition) is 2. The van der Waals surface area contributed by atoms with E-state index in [1.807, 2.05) is 0 Å². The number of carbonyl (C=O) groups is 3. The van der Waals surface area contributed by atoms with Crippen LogP contribution in [0.2, 0.25) is 0 Å². The Morgan fingerprint density at radius 3 is 2.45 bits per heavy atom. The van der Waals surface area contributed by atoms with Crippen molar-refractivity contribution >= 4 is 23.7 Å². The highest BCUT2D eigenvalue weighted by molar-refractivity contribution is 6.02. The molecule has 7 nitrogen and oxygen atoms in total. The number of esters is 1. The highest BCUT2D eigenvalue weighted by Gasteiger charge is 2.34. The van der Waals surface area contributed by atoms with Gasteiger partial charge in [-0.25, -0.2) is 9.59 Å². The van der Waals surface area contributed by atoms with Crippen LogP contribution in [-0.4, -0.2) is 36.2 Å². The van der Waals surface area contributed by atoms with Crippen molar-refractivity contribution in [3.8, 4) is 0 Å². The first-order chi connectivity index (χ1) is 14.5. The zero-order chi connectivity index (χ0) is 23.2. The third kappa shape index (κ3) is 7.89. The van der Waals surface area contributed by atoms with Crippen LogP contribution in [0.25, 0.3) is 0 Å². The first-order valence-corrected chi connectivity index (χ1v) is 11.0. The summed E-state index contributed by atoms with van der Waals surface area (Å²) in [5.41, 5.74) is 0.00349. The maximum absolute atomic E-state index is 12.9. The monoisotopic (exact) mass is 432 g/mol. The predicted molar refractivity (Wildman–Crippen MR) is 120 cm³/mol. The number of benzene rings is 1. The van der Waals surface area contributed by atoms with Crippen LogP contribution in [0.1, 0.15) is 71.2 Å². The maximum Gasteiger partial charge on any atom is 0.408 e. The van der Waals surface area contributed by atoms with Crippen molar-refractivity contribution in [1.29, 1.82) is 0 Å². The standard InChI is InChI=1S/C24H36N2O5/c1-15(2)17-12-11-16(3)13-20(17)30-22(28)18-9-7-8-10-19(18)26-21(27)14-25-23(29)31-24(4,5)6/h7-10,15-17,20H,11-14H2,1-6H3,(H,25,29)(H,26,27)/t16-,17+,20+/m1/s1. The third-order valence-electron chi connectivity index (χ3n) is 5.43. The SMILES string of the molecule is CC(C)[C@@H]1CC[C@@H](C)C[C@@H]1OC(=O)c1ccccc1NC(=O)CNC(=O)OC(C)(C)C. The van der Waals surface area contributed by atoms with Crippen LogP contribution in [0.15, 0.2) is 24.3 Å². The largest absolute Gasteiger partial charge is 0.458 e. The van der Waals surface area contributed by atoms with E-state index in [0.717, 1.165) is 19.3 Å². The molecule has 1 aromatic carbocycles. The highest BCUT2D eigenvalue weighted by Crippen LogP contribution is 2.36. The first kappa shape index (κ1) is 24.7. The molecule has 1 fully saturated rings. The average molecular weight is 433 g/mol. The minimum Gasteiger partial charge on any atom is -0.458 e. The molecule has 1 aromatic rings. The minimum absolute atomic E-state index is 0.131. The van der Waals surface area contributed by atoms with Crippen molar-refractivity contribution in [1.82, 2.24) is 5.32 Å². The molecule has 2 amide bonds. The van der Waals surface area contributed by atoms with Gasteiger partial charge in [-0.1, -0.05) is 39.3 Å². The summed E-state index contributed by atoms with van der Waals surface area (Å²) in [6, 6.07) is 6.74. The minimum atomic E-state index is -0.679. The topological polar surface area (TPSA) is 93.7 Å². The van der Waals surface area contributed by atoms with Gasteiger partial charge in [-0.2, -0.15) is 0 Å². The van der Waals surface area contributed by atoms with E-state index >= 15 is 0 Å². The summed E-state index contributed by atoms with van der Waals surface area (Å²) < 4.78 is 11.0. The van der Waals surface area contributed by atoms with Gasteiger partial charge in [0.2, 0.25) is 5.91 Å². The molecule has 0 spiro atoms. The van der Waals surface area contributed by atoms with Crippen LogP contribution in [0.3, 0.4) is 0 Å². The molecule has 2 N–H and O–H groups in total. The molecule has 3 atom stereocenters. The third-order valence-corrected chi connectivity index (χ3v) is 5.43. The van der Waals surface area contributed by atoms with Gasteiger partial charge in [0, 0.05) is 0 Å². The van der Waals surface area contributed by atoms with Crippen LogP contribution in [0.5, 0.6) is 0 Å². The second-order valence-electron chi connectivity index (χ2n) is 9.72. The fraction of sp³-hybridized carbons (Fsp3) is 0.625. The Labute approximate surface area is 185 Å². The number of para-hydroxylation sites is 1. The molecule has 31 heavy (non-hydrogen) atoms. The zero-order valence-corrected chi connectivity index (χ0v) is 19.5. The molecule has 0 unspecified atom stereocenters. The van der Waals surface area contributed by atoms with Gasteiger partial charge in [-0.15, -0.1) is 0 Å². The fourth-order valence-corrected chi connectivity index (χ4v) is 3.88. The number of nitrogens with one attached hydrogen (secondary N) is 2. The second-order valence-corrected chi connectivity index (χ2v) is 9.72. The van der Waals surface area contributed by atoms with E-state index < -0.39 is 23.6 Å². The lowest BCUT2D eigenvalue weighted by Gasteiger charge is -2.36. The number of alkyl carbamates (subject to hydrolysis) is 1. The van der Waals surface area contributed by atoms with Crippen LogP contribution < -0.4 is 10.6 Å². The van der Waals surface area contributed by atoms with Crippen molar-refractivity contribution in [3.63, 3.8) is 0 Å². The van der Waals surface area contributed by atoms with Crippen molar-refractivity contribution in [3.05, 3.63) is 29.8 Å². The van der Waals surface area contributed by atoms with Gasteiger partial charge in [-0.3, -0.25) is 4.79 Å². The molecule has 2 rings (SSSR count). The van der Waals surface area contributed by atoms with Gasteiger partial charge in [-0.05, 0) is 63.5 Å². The van der Waals surface area contributed by atoms with Crippen LogP contribution in [0, 0.1) is 17.8 Å². The summed E-state index contributed by atoms with van der Waals surface area (Å²) in [6.07, 6.45) is 2.23. The lowest BCUT2D eigenvalue weighted by Crippen LogP contribution is -2.37. The maximum atomic E-state index is 12.9. The van der Waals surface area contributed by atoms with Gasteiger partial charge in [0.25, 0.3) is 0 Å². The van der Waals surface area contributed by atoms with Crippen LogP contribution >= 0.6 is 0 Å². The summed E-state index contributed by atoms with van der Waals surface area (Å²) in [7, 11) is 0. The zero-order valence-electron chi connectivity index (χ0n) is 19.5. The predicted octanol–water partition coefficient (Wildman–Crippen LogP) is 4.77. The molecule has 1 aliphatic carbocycles. The number of amides is 2. The van der Waals surface area contributed by atoms with Gasteiger partial charge < -0.3 is 20.1 Å². The van der Waals surface area contributed by atoms with E-state index in [9.17, 15) is 14.4 Å². The lowest BCUT2D eigenvalue weighted by molar-refractivity contribution is -0.115. The molecule has 1 saturated carbocycles. The van der Waals surface area contributed by atoms with E-state index in [4.69, 9.17) is 9.47 Å². The van der Waals surface area contributed by atoms with E-state index in [1.165, 1.54) is 0 Å². The molecular weight excluding hydrogens is 396 g/mol. The van der Waals surface area contributed by atoms with Gasteiger partial charge in [0.1, 0.15) is 18.2 Å². The Hall–Kier alpha value is -2.57. The summed E-state index contributed by atoms with van der Waals surface area (Å²) in [5.74, 6) is 0.374. The summed E-state index contributed by atoms with van der Waals surface area (Å²) in [5, 5.41) is 5.09. The van der Waals surface area contributed by atoms with Gasteiger partial charge >= 0.3 is 12.1 Å². The molecule has 0 saturated heterocycles. The van der Waals surface area contributed by atoms with Gasteiger partial charge in [0.15, 0.2) is 0 Å². The van der Waals surface area contributed by atoms with Crippen LogP contribution in [0.4, 0.5) is 10.5 Å². The van der Waals surface area contributed by atoms with Crippen molar-refractivity contribution in [2.45, 2.75) is 72.5 Å². The highest BCUT2D eigenvalue weighted by atomic mass is 16.6. The smallest absolute Gasteiger partial charge is 0.408 e. The molecule has 0 aromatic heterocycles. The quantitative estimate of drug-likeness (QED) is 0.632. The Balaban J connectivity index is 2.01. The Morgan fingerprint density at radius 2 is 1.81 bits per heavy atom. The van der Waals surface area contributed by atoms with Gasteiger partial charge in [0.05, 0.1) is 11.3 Å². The number of anilines is 1. The number of hydrogen-bond acceptors (Lipinski definition) is 5. The molecule has 172 valence electrons.